The number of halogens is 2. The fourth-order valence-electron chi connectivity index (χ4n) is 3.23. The number of fused-ring (bicyclic) bond motifs is 1. The van der Waals surface area contributed by atoms with E-state index in [0.717, 1.165) is 6.07 Å². The second-order valence-electron chi connectivity index (χ2n) is 6.81. The van der Waals surface area contributed by atoms with E-state index in [1.807, 2.05) is 13.8 Å². The monoisotopic (exact) mass is 385 g/mol. The molecule has 1 aromatic heterocycles. The molecule has 0 aliphatic carbocycles. The van der Waals surface area contributed by atoms with E-state index in [4.69, 9.17) is 0 Å². The van der Waals surface area contributed by atoms with E-state index >= 15 is 0 Å². The van der Waals surface area contributed by atoms with Crippen molar-refractivity contribution in [1.82, 2.24) is 14.8 Å². The Balaban J connectivity index is 2.27. The van der Waals surface area contributed by atoms with Crippen LogP contribution in [0.15, 0.2) is 10.9 Å². The van der Waals surface area contributed by atoms with Crippen molar-refractivity contribution in [2.24, 2.45) is 5.92 Å². The van der Waals surface area contributed by atoms with Gasteiger partial charge in [-0.1, -0.05) is 0 Å². The molecule has 1 aliphatic heterocycles. The van der Waals surface area contributed by atoms with Crippen molar-refractivity contribution in [3.8, 4) is 5.75 Å². The van der Waals surface area contributed by atoms with Crippen LogP contribution in [0, 0.1) is 5.92 Å². The third-order valence-corrected chi connectivity index (χ3v) is 4.75. The van der Waals surface area contributed by atoms with Gasteiger partial charge in [-0.05, 0) is 26.7 Å². The summed E-state index contributed by atoms with van der Waals surface area (Å²) in [6.07, 6.45) is -0.156. The molecule has 0 bridgehead atoms. The van der Waals surface area contributed by atoms with Crippen LogP contribution in [0.4, 0.5) is 8.78 Å². The molecule has 2 heterocycles. The van der Waals surface area contributed by atoms with Crippen molar-refractivity contribution in [2.75, 3.05) is 19.9 Å². The minimum absolute atomic E-state index is 0.0780. The number of hydrogen-bond acceptors (Lipinski definition) is 4. The summed E-state index contributed by atoms with van der Waals surface area (Å²) in [5, 5.41) is 12.7. The Morgan fingerprint density at radius 2 is 1.85 bits per heavy atom. The summed E-state index contributed by atoms with van der Waals surface area (Å²) >= 11 is 0. The van der Waals surface area contributed by atoms with Gasteiger partial charge in [0.05, 0.1) is 19.9 Å². The minimum Gasteiger partial charge on any atom is -0.503 e. The molecule has 1 aromatic rings. The summed E-state index contributed by atoms with van der Waals surface area (Å²) in [4.78, 5) is 38.4. The summed E-state index contributed by atoms with van der Waals surface area (Å²) in [6, 6.07) is 1.07. The maximum Gasteiger partial charge on any atom is 0.274 e. The van der Waals surface area contributed by atoms with Crippen LogP contribution in [0.1, 0.15) is 42.9 Å². The van der Waals surface area contributed by atoms with Crippen LogP contribution >= 0.6 is 0 Å². The second kappa shape index (κ2) is 8.96. The highest BCUT2D eigenvalue weighted by atomic mass is 19.1. The fourth-order valence-corrected chi connectivity index (χ4v) is 3.23. The van der Waals surface area contributed by atoms with E-state index in [-0.39, 0.29) is 31.1 Å². The number of amides is 2. The lowest BCUT2D eigenvalue weighted by Crippen LogP contribution is -2.46. The van der Waals surface area contributed by atoms with Gasteiger partial charge in [-0.3, -0.25) is 23.2 Å². The van der Waals surface area contributed by atoms with Gasteiger partial charge < -0.3 is 19.9 Å². The first-order valence-electron chi connectivity index (χ1n) is 8.98. The van der Waals surface area contributed by atoms with Crippen LogP contribution in [0.2, 0.25) is 0 Å². The smallest absolute Gasteiger partial charge is 0.274 e. The molecule has 0 unspecified atom stereocenters. The van der Waals surface area contributed by atoms with Gasteiger partial charge in [-0.15, -0.1) is 0 Å². The van der Waals surface area contributed by atoms with Crippen LogP contribution in [0.5, 0.6) is 5.75 Å². The molecule has 2 N–H and O–H groups in total. The van der Waals surface area contributed by atoms with Gasteiger partial charge in [0.25, 0.3) is 5.91 Å². The predicted octanol–water partition coefficient (Wildman–Crippen LogP) is 1.37. The number of nitrogens with one attached hydrogen (secondary N) is 1. The van der Waals surface area contributed by atoms with Gasteiger partial charge >= 0.3 is 0 Å². The molecule has 2 amide bonds. The molecule has 0 fully saturated rings. The highest BCUT2D eigenvalue weighted by molar-refractivity contribution is 5.96. The molecule has 0 saturated carbocycles. The number of pyridine rings is 1. The van der Waals surface area contributed by atoms with Crippen molar-refractivity contribution in [2.45, 2.75) is 45.8 Å². The number of alkyl halides is 2. The number of rotatable bonds is 8. The molecule has 0 atom stereocenters. The highest BCUT2D eigenvalue weighted by Crippen LogP contribution is 2.22. The van der Waals surface area contributed by atoms with Crippen LogP contribution in [0.3, 0.4) is 0 Å². The second-order valence-corrected chi connectivity index (χ2v) is 6.81. The number of nitrogens with zero attached hydrogens (tertiary/aromatic N) is 2. The predicted molar refractivity (Wildman–Crippen MR) is 95.1 cm³/mol. The summed E-state index contributed by atoms with van der Waals surface area (Å²) in [6.45, 7) is 2.89. The zero-order valence-corrected chi connectivity index (χ0v) is 15.5. The Hall–Kier alpha value is -2.45. The first-order valence-corrected chi connectivity index (χ1v) is 8.98. The van der Waals surface area contributed by atoms with Crippen molar-refractivity contribution >= 4 is 11.8 Å². The Morgan fingerprint density at radius 1 is 1.22 bits per heavy atom. The van der Waals surface area contributed by atoms with Crippen molar-refractivity contribution < 1.29 is 23.5 Å². The maximum atomic E-state index is 12.6. The van der Waals surface area contributed by atoms with Crippen LogP contribution in [0.25, 0.3) is 0 Å². The quantitative estimate of drug-likeness (QED) is 0.707. The minimum atomic E-state index is -0.789. The first kappa shape index (κ1) is 20.9. The summed E-state index contributed by atoms with van der Waals surface area (Å²) in [7, 11) is 0. The van der Waals surface area contributed by atoms with E-state index in [0.29, 0.717) is 18.8 Å². The summed E-state index contributed by atoms with van der Waals surface area (Å²) in [5.41, 5.74) is -0.457. The third-order valence-electron chi connectivity index (χ3n) is 4.75. The van der Waals surface area contributed by atoms with Gasteiger partial charge in [0.15, 0.2) is 11.4 Å². The zero-order chi connectivity index (χ0) is 20.1. The van der Waals surface area contributed by atoms with Crippen molar-refractivity contribution in [3.05, 3.63) is 27.7 Å². The summed E-state index contributed by atoms with van der Waals surface area (Å²) in [5.74, 6) is -2.37. The van der Waals surface area contributed by atoms with Crippen LogP contribution in [-0.2, 0) is 17.9 Å². The number of hydrogen-bond donors (Lipinski definition) is 2. The van der Waals surface area contributed by atoms with Gasteiger partial charge in [-0.25, -0.2) is 0 Å². The van der Waals surface area contributed by atoms with Gasteiger partial charge in [0.2, 0.25) is 11.3 Å². The lowest BCUT2D eigenvalue weighted by Gasteiger charge is -2.34. The lowest BCUT2D eigenvalue weighted by molar-refractivity contribution is -0.125. The van der Waals surface area contributed by atoms with E-state index in [1.54, 1.807) is 4.90 Å². The van der Waals surface area contributed by atoms with Crippen molar-refractivity contribution in [1.29, 1.82) is 0 Å². The molecule has 0 spiro atoms. The largest absolute Gasteiger partial charge is 0.503 e. The average molecular weight is 385 g/mol. The standard InChI is InChI=1S/C18H25F2N3O4/c1-11(2)22-7-8-23-13(9-14(24)16(25)15(23)18(22)27)10-21-17(26)12(3-5-19)4-6-20/h9,11-12,25H,3-8,10H2,1-2H3,(H,21,26). The SMILES string of the molecule is CC(C)N1CCn2c(CNC(=O)C(CCF)CCF)cc(=O)c(O)c2C1=O. The molecule has 0 radical (unpaired) electrons. The summed E-state index contributed by atoms with van der Waals surface area (Å²) < 4.78 is 26.6. The molecular formula is C18H25F2N3O4. The average Bonchev–Trinajstić information content (AvgIpc) is 2.62. The first-order chi connectivity index (χ1) is 12.8. The maximum absolute atomic E-state index is 12.6. The van der Waals surface area contributed by atoms with E-state index in [2.05, 4.69) is 5.32 Å². The molecule has 1 aliphatic rings. The number of aromatic hydroxyl groups is 1. The van der Waals surface area contributed by atoms with Gasteiger partial charge in [-0.2, -0.15) is 0 Å². The topological polar surface area (TPSA) is 91.6 Å². The number of aromatic nitrogens is 1. The van der Waals surface area contributed by atoms with Crippen molar-refractivity contribution in [3.63, 3.8) is 0 Å². The van der Waals surface area contributed by atoms with Crippen LogP contribution < -0.4 is 10.7 Å². The van der Waals surface area contributed by atoms with E-state index in [9.17, 15) is 28.3 Å². The zero-order valence-electron chi connectivity index (χ0n) is 15.5. The van der Waals surface area contributed by atoms with Crippen LogP contribution in [-0.4, -0.2) is 52.3 Å². The molecule has 0 saturated heterocycles. The Kier molecular flexibility index (Phi) is 6.92. The van der Waals surface area contributed by atoms with Gasteiger partial charge in [0, 0.05) is 36.8 Å². The molecule has 7 nitrogen and oxygen atoms in total. The number of carbonyl (C=O) groups excluding carboxylic acids is 2. The Morgan fingerprint density at radius 3 is 2.41 bits per heavy atom. The molecule has 27 heavy (non-hydrogen) atoms. The number of carbonyl (C=O) groups is 2. The fraction of sp³-hybridized carbons (Fsp3) is 0.611. The molecular weight excluding hydrogens is 360 g/mol. The van der Waals surface area contributed by atoms with Gasteiger partial charge in [0.1, 0.15) is 0 Å². The molecule has 2 rings (SSSR count). The Labute approximate surface area is 156 Å². The lowest BCUT2D eigenvalue weighted by atomic mass is 10.0. The highest BCUT2D eigenvalue weighted by Gasteiger charge is 2.31. The van der Waals surface area contributed by atoms with E-state index < -0.39 is 42.3 Å². The molecule has 0 aromatic carbocycles. The molecule has 9 heteroatoms. The molecule has 150 valence electrons. The van der Waals surface area contributed by atoms with E-state index in [1.165, 1.54) is 4.57 Å². The third kappa shape index (κ3) is 4.45. The normalized spacial score (nSPS) is 14.0. The Bertz CT molecular complexity index is 758.